The second kappa shape index (κ2) is 5.01. The summed E-state index contributed by atoms with van der Waals surface area (Å²) in [6.07, 6.45) is 1.40. The molecule has 1 fully saturated rings. The minimum absolute atomic E-state index is 0.191. The van der Waals surface area contributed by atoms with Gasteiger partial charge in [-0.25, -0.2) is 4.98 Å². The molecule has 1 aliphatic rings. The Morgan fingerprint density at radius 2 is 2.31 bits per heavy atom. The Bertz CT molecular complexity index is 375. The van der Waals surface area contributed by atoms with Gasteiger partial charge in [0.2, 0.25) is 0 Å². The molecular formula is C10H13ClN2O2S. The minimum atomic E-state index is -0.680. The molecule has 4 nitrogen and oxygen atoms in total. The predicted octanol–water partition coefficient (Wildman–Crippen LogP) is 2.18. The van der Waals surface area contributed by atoms with Gasteiger partial charge in [0.1, 0.15) is 0 Å². The van der Waals surface area contributed by atoms with Gasteiger partial charge < -0.3 is 10.0 Å². The molecule has 1 aromatic heterocycles. The quantitative estimate of drug-likeness (QED) is 0.847. The summed E-state index contributed by atoms with van der Waals surface area (Å²) in [6.45, 7) is 1.54. The van der Waals surface area contributed by atoms with Gasteiger partial charge in [-0.2, -0.15) is 0 Å². The Balaban J connectivity index is 1.96. The van der Waals surface area contributed by atoms with Crippen LogP contribution in [0.2, 0.25) is 0 Å². The van der Waals surface area contributed by atoms with E-state index in [1.54, 1.807) is 11.3 Å². The zero-order valence-electron chi connectivity index (χ0n) is 8.73. The molecule has 0 aliphatic carbocycles. The van der Waals surface area contributed by atoms with Crippen LogP contribution in [0.1, 0.15) is 18.5 Å². The molecule has 0 amide bonds. The molecule has 1 N–H and O–H groups in total. The number of nitrogens with zero attached hydrogens (tertiary/aromatic N) is 2. The summed E-state index contributed by atoms with van der Waals surface area (Å²) in [4.78, 5) is 17.3. The lowest BCUT2D eigenvalue weighted by Crippen LogP contribution is -2.36. The third-order valence-electron chi connectivity index (χ3n) is 2.79. The molecule has 0 bridgehead atoms. The number of aliphatic carboxylic acids is 1. The van der Waals surface area contributed by atoms with E-state index >= 15 is 0 Å². The number of rotatable bonds is 3. The standard InChI is InChI=1S/C10H13ClN2O2S/c11-5-8-6-16-10(12-8)13-3-1-7(2-4-13)9(14)15/h6-7H,1-5H2,(H,14,15). The van der Waals surface area contributed by atoms with Crippen molar-refractivity contribution in [3.05, 3.63) is 11.1 Å². The third-order valence-corrected chi connectivity index (χ3v) is 4.02. The Hall–Kier alpha value is -0.810. The van der Waals surface area contributed by atoms with Gasteiger partial charge in [-0.1, -0.05) is 0 Å². The number of thiazole rings is 1. The van der Waals surface area contributed by atoms with E-state index in [-0.39, 0.29) is 5.92 Å². The molecule has 0 spiro atoms. The molecule has 2 heterocycles. The maximum atomic E-state index is 10.8. The number of aromatic nitrogens is 1. The van der Waals surface area contributed by atoms with E-state index < -0.39 is 5.97 Å². The Morgan fingerprint density at radius 1 is 1.62 bits per heavy atom. The van der Waals surface area contributed by atoms with E-state index in [2.05, 4.69) is 9.88 Å². The van der Waals surface area contributed by atoms with Crippen molar-refractivity contribution in [2.24, 2.45) is 5.92 Å². The molecular weight excluding hydrogens is 248 g/mol. The van der Waals surface area contributed by atoms with Gasteiger partial charge in [0.05, 0.1) is 17.5 Å². The van der Waals surface area contributed by atoms with Crippen LogP contribution in [0.5, 0.6) is 0 Å². The van der Waals surface area contributed by atoms with Crippen LogP contribution in [-0.2, 0) is 10.7 Å². The van der Waals surface area contributed by atoms with E-state index in [1.165, 1.54) is 0 Å². The lowest BCUT2D eigenvalue weighted by molar-refractivity contribution is -0.142. The monoisotopic (exact) mass is 260 g/mol. The number of halogens is 1. The largest absolute Gasteiger partial charge is 0.481 e. The first kappa shape index (κ1) is 11.7. The molecule has 0 unspecified atom stereocenters. The van der Waals surface area contributed by atoms with Crippen LogP contribution in [0.15, 0.2) is 5.38 Å². The van der Waals surface area contributed by atoms with E-state index in [9.17, 15) is 4.79 Å². The lowest BCUT2D eigenvalue weighted by Gasteiger charge is -2.29. The molecule has 0 radical (unpaired) electrons. The molecule has 0 saturated carbocycles. The normalized spacial score (nSPS) is 17.7. The molecule has 1 aromatic rings. The predicted molar refractivity (Wildman–Crippen MR) is 64.2 cm³/mol. The maximum absolute atomic E-state index is 10.8. The SMILES string of the molecule is O=C(O)C1CCN(c2nc(CCl)cs2)CC1. The van der Waals surface area contributed by atoms with Gasteiger partial charge in [0.15, 0.2) is 5.13 Å². The smallest absolute Gasteiger partial charge is 0.306 e. The fourth-order valence-corrected chi connectivity index (χ4v) is 2.93. The minimum Gasteiger partial charge on any atom is -0.481 e. The summed E-state index contributed by atoms with van der Waals surface area (Å²) in [5.41, 5.74) is 0.891. The molecule has 6 heteroatoms. The summed E-state index contributed by atoms with van der Waals surface area (Å²) in [7, 11) is 0. The summed E-state index contributed by atoms with van der Waals surface area (Å²) in [6, 6.07) is 0. The summed E-state index contributed by atoms with van der Waals surface area (Å²) < 4.78 is 0. The number of carboxylic acid groups (broad SMARTS) is 1. The molecule has 2 rings (SSSR count). The van der Waals surface area contributed by atoms with Gasteiger partial charge in [-0.05, 0) is 12.8 Å². The van der Waals surface area contributed by atoms with E-state index in [1.807, 2.05) is 5.38 Å². The molecule has 88 valence electrons. The van der Waals surface area contributed by atoms with Gasteiger partial charge in [-0.15, -0.1) is 22.9 Å². The van der Waals surface area contributed by atoms with Crippen LogP contribution in [0.25, 0.3) is 0 Å². The van der Waals surface area contributed by atoms with Gasteiger partial charge >= 0.3 is 5.97 Å². The lowest BCUT2D eigenvalue weighted by atomic mass is 9.98. The molecule has 0 atom stereocenters. The Labute approximate surface area is 103 Å². The van der Waals surface area contributed by atoms with Gasteiger partial charge in [0.25, 0.3) is 0 Å². The number of hydrogen-bond donors (Lipinski definition) is 1. The number of alkyl halides is 1. The topological polar surface area (TPSA) is 53.4 Å². The highest BCUT2D eigenvalue weighted by Crippen LogP contribution is 2.26. The van der Waals surface area contributed by atoms with E-state index in [4.69, 9.17) is 16.7 Å². The van der Waals surface area contributed by atoms with Crippen molar-refractivity contribution in [3.63, 3.8) is 0 Å². The first-order chi connectivity index (χ1) is 7.70. The summed E-state index contributed by atoms with van der Waals surface area (Å²) in [5, 5.41) is 11.8. The molecule has 1 aliphatic heterocycles. The van der Waals surface area contributed by atoms with Crippen molar-refractivity contribution in [2.75, 3.05) is 18.0 Å². The number of hydrogen-bond acceptors (Lipinski definition) is 4. The number of carboxylic acids is 1. The summed E-state index contributed by atoms with van der Waals surface area (Å²) in [5.74, 6) is -0.439. The molecule has 16 heavy (non-hydrogen) atoms. The Morgan fingerprint density at radius 3 is 2.81 bits per heavy atom. The summed E-state index contributed by atoms with van der Waals surface area (Å²) >= 11 is 7.27. The van der Waals surface area contributed by atoms with Crippen molar-refractivity contribution < 1.29 is 9.90 Å². The average molecular weight is 261 g/mol. The Kier molecular flexibility index (Phi) is 3.66. The van der Waals surface area contributed by atoms with E-state index in [0.29, 0.717) is 18.7 Å². The van der Waals surface area contributed by atoms with Crippen molar-refractivity contribution in [2.45, 2.75) is 18.7 Å². The van der Waals surface area contributed by atoms with Crippen LogP contribution >= 0.6 is 22.9 Å². The highest BCUT2D eigenvalue weighted by molar-refractivity contribution is 7.13. The van der Waals surface area contributed by atoms with Gasteiger partial charge in [0, 0.05) is 18.5 Å². The third kappa shape index (κ3) is 2.47. The van der Waals surface area contributed by atoms with Crippen molar-refractivity contribution in [1.82, 2.24) is 4.98 Å². The van der Waals surface area contributed by atoms with Crippen molar-refractivity contribution in [1.29, 1.82) is 0 Å². The fraction of sp³-hybridized carbons (Fsp3) is 0.600. The number of carbonyl (C=O) groups is 1. The highest BCUT2D eigenvalue weighted by Gasteiger charge is 2.25. The maximum Gasteiger partial charge on any atom is 0.306 e. The number of anilines is 1. The second-order valence-corrected chi connectivity index (χ2v) is 4.96. The zero-order valence-corrected chi connectivity index (χ0v) is 10.3. The number of piperidine rings is 1. The highest BCUT2D eigenvalue weighted by atomic mass is 35.5. The van der Waals surface area contributed by atoms with Crippen LogP contribution < -0.4 is 4.90 Å². The van der Waals surface area contributed by atoms with E-state index in [0.717, 1.165) is 23.9 Å². The fourth-order valence-electron chi connectivity index (χ4n) is 1.82. The average Bonchev–Trinajstić information content (AvgIpc) is 2.77. The van der Waals surface area contributed by atoms with Crippen LogP contribution in [-0.4, -0.2) is 29.1 Å². The van der Waals surface area contributed by atoms with Crippen LogP contribution in [0.4, 0.5) is 5.13 Å². The first-order valence-corrected chi connectivity index (χ1v) is 6.60. The molecule has 0 aromatic carbocycles. The second-order valence-electron chi connectivity index (χ2n) is 3.85. The van der Waals surface area contributed by atoms with Crippen LogP contribution in [0.3, 0.4) is 0 Å². The molecule has 1 saturated heterocycles. The van der Waals surface area contributed by atoms with Crippen LogP contribution in [0, 0.1) is 5.92 Å². The zero-order chi connectivity index (χ0) is 11.5. The van der Waals surface area contributed by atoms with Crippen molar-refractivity contribution >= 4 is 34.0 Å². The van der Waals surface area contributed by atoms with Gasteiger partial charge in [-0.3, -0.25) is 4.79 Å². The first-order valence-electron chi connectivity index (χ1n) is 5.19. The van der Waals surface area contributed by atoms with Crippen molar-refractivity contribution in [3.8, 4) is 0 Å².